The number of nitrogens with zero attached hydrogens (tertiary/aromatic N) is 1. The van der Waals surface area contributed by atoms with E-state index in [1.807, 2.05) is 36.4 Å². The Balaban J connectivity index is 2.13. The normalized spacial score (nSPS) is 10.6. The third kappa shape index (κ3) is 3.42. The van der Waals surface area contributed by atoms with Crippen LogP contribution in [-0.4, -0.2) is 25.0 Å². The van der Waals surface area contributed by atoms with Crippen LogP contribution in [0.1, 0.15) is 20.2 Å². The van der Waals surface area contributed by atoms with E-state index in [9.17, 15) is 4.79 Å². The van der Waals surface area contributed by atoms with Gasteiger partial charge in [-0.2, -0.15) is 0 Å². The molecule has 19 heavy (non-hydrogen) atoms. The van der Waals surface area contributed by atoms with E-state index in [1.165, 1.54) is 11.3 Å². The number of benzene rings is 1. The average molecular weight is 274 g/mol. The molecule has 0 saturated heterocycles. The molecule has 1 heterocycles. The highest BCUT2D eigenvalue weighted by atomic mass is 32.1. The number of methoxy groups -OCH3 is 1. The van der Waals surface area contributed by atoms with Gasteiger partial charge in [0.2, 0.25) is 0 Å². The molecule has 5 heteroatoms. The van der Waals surface area contributed by atoms with Gasteiger partial charge >= 0.3 is 0 Å². The van der Waals surface area contributed by atoms with Crippen LogP contribution >= 0.6 is 11.3 Å². The van der Waals surface area contributed by atoms with E-state index in [0.717, 1.165) is 16.3 Å². The van der Waals surface area contributed by atoms with Crippen LogP contribution in [0.15, 0.2) is 30.5 Å². The van der Waals surface area contributed by atoms with Gasteiger partial charge < -0.3 is 10.1 Å². The van der Waals surface area contributed by atoms with Gasteiger partial charge in [0.05, 0.1) is 13.3 Å². The largest absolute Gasteiger partial charge is 0.497 e. The number of nitrogens with one attached hydrogen (secondary N) is 1. The van der Waals surface area contributed by atoms with Gasteiger partial charge in [0.1, 0.15) is 15.6 Å². The first-order valence-corrected chi connectivity index (χ1v) is 6.54. The number of hydrogen-bond donors (Lipinski definition) is 1. The van der Waals surface area contributed by atoms with E-state index in [1.54, 1.807) is 20.4 Å². The Labute approximate surface area is 115 Å². The highest BCUT2D eigenvalue weighted by molar-refractivity contribution is 7.14. The van der Waals surface area contributed by atoms with Crippen LogP contribution in [0.25, 0.3) is 12.2 Å². The zero-order chi connectivity index (χ0) is 13.7. The van der Waals surface area contributed by atoms with Crippen molar-refractivity contribution in [1.82, 2.24) is 10.3 Å². The first-order valence-electron chi connectivity index (χ1n) is 5.73. The fraction of sp³-hybridized carbons (Fsp3) is 0.143. The molecule has 1 N–H and O–H groups in total. The van der Waals surface area contributed by atoms with Crippen molar-refractivity contribution in [2.45, 2.75) is 0 Å². The first kappa shape index (κ1) is 13.3. The SMILES string of the molecule is CNC(=O)c1cnc(/C=C/c2cccc(OC)c2)s1. The Morgan fingerprint density at radius 3 is 3.00 bits per heavy atom. The second kappa shape index (κ2) is 6.15. The molecule has 1 amide bonds. The molecule has 0 aliphatic heterocycles. The zero-order valence-electron chi connectivity index (χ0n) is 10.7. The van der Waals surface area contributed by atoms with E-state index < -0.39 is 0 Å². The van der Waals surface area contributed by atoms with Gasteiger partial charge in [-0.1, -0.05) is 18.2 Å². The number of carbonyl (C=O) groups excluding carboxylic acids is 1. The number of aromatic nitrogens is 1. The van der Waals surface area contributed by atoms with E-state index >= 15 is 0 Å². The topological polar surface area (TPSA) is 51.2 Å². The minimum absolute atomic E-state index is 0.112. The van der Waals surface area contributed by atoms with Gasteiger partial charge in [-0.15, -0.1) is 11.3 Å². The molecule has 0 unspecified atom stereocenters. The lowest BCUT2D eigenvalue weighted by Crippen LogP contribution is -2.16. The summed E-state index contributed by atoms with van der Waals surface area (Å²) in [7, 11) is 3.24. The molecule has 0 radical (unpaired) electrons. The van der Waals surface area contributed by atoms with Crippen LogP contribution in [-0.2, 0) is 0 Å². The second-order valence-corrected chi connectivity index (χ2v) is 4.81. The third-order valence-electron chi connectivity index (χ3n) is 2.49. The molecule has 2 aromatic rings. The lowest BCUT2D eigenvalue weighted by atomic mass is 10.2. The summed E-state index contributed by atoms with van der Waals surface area (Å²) in [6, 6.07) is 7.73. The van der Waals surface area contributed by atoms with Gasteiger partial charge in [0.25, 0.3) is 5.91 Å². The maximum atomic E-state index is 11.4. The molecule has 0 aliphatic rings. The number of carbonyl (C=O) groups is 1. The Hall–Kier alpha value is -2.14. The zero-order valence-corrected chi connectivity index (χ0v) is 11.5. The highest BCUT2D eigenvalue weighted by Gasteiger charge is 2.06. The Morgan fingerprint density at radius 1 is 1.42 bits per heavy atom. The van der Waals surface area contributed by atoms with E-state index in [2.05, 4.69) is 10.3 Å². The summed E-state index contributed by atoms with van der Waals surface area (Å²) < 4.78 is 5.16. The maximum absolute atomic E-state index is 11.4. The van der Waals surface area contributed by atoms with Crippen molar-refractivity contribution in [3.63, 3.8) is 0 Å². The Morgan fingerprint density at radius 2 is 2.26 bits per heavy atom. The summed E-state index contributed by atoms with van der Waals surface area (Å²) >= 11 is 1.35. The van der Waals surface area contributed by atoms with Crippen molar-refractivity contribution < 1.29 is 9.53 Å². The van der Waals surface area contributed by atoms with Crippen LogP contribution in [0, 0.1) is 0 Å². The van der Waals surface area contributed by atoms with E-state index in [0.29, 0.717) is 4.88 Å². The molecule has 1 aromatic carbocycles. The number of amides is 1. The lowest BCUT2D eigenvalue weighted by Gasteiger charge is -1.99. The highest BCUT2D eigenvalue weighted by Crippen LogP contribution is 2.18. The molecule has 0 fully saturated rings. The third-order valence-corrected chi connectivity index (χ3v) is 3.45. The molecular weight excluding hydrogens is 260 g/mol. The average Bonchev–Trinajstić information content (AvgIpc) is 2.93. The molecule has 0 aliphatic carbocycles. The van der Waals surface area contributed by atoms with Crippen molar-refractivity contribution in [1.29, 1.82) is 0 Å². The second-order valence-electron chi connectivity index (χ2n) is 3.75. The van der Waals surface area contributed by atoms with Crippen molar-refractivity contribution in [3.05, 3.63) is 45.9 Å². The summed E-state index contributed by atoms with van der Waals surface area (Å²) in [5.74, 6) is 0.700. The van der Waals surface area contributed by atoms with E-state index in [4.69, 9.17) is 4.74 Å². The van der Waals surface area contributed by atoms with Crippen molar-refractivity contribution >= 4 is 29.4 Å². The Kier molecular flexibility index (Phi) is 4.30. The standard InChI is InChI=1S/C14H14N2O2S/c1-15-14(17)12-9-16-13(19-12)7-6-10-4-3-5-11(8-10)18-2/h3-9H,1-2H3,(H,15,17)/b7-6+. The minimum Gasteiger partial charge on any atom is -0.497 e. The molecule has 0 bridgehead atoms. The van der Waals surface area contributed by atoms with Gasteiger partial charge in [-0.25, -0.2) is 4.98 Å². The fourth-order valence-corrected chi connectivity index (χ4v) is 2.27. The number of hydrogen-bond acceptors (Lipinski definition) is 4. The number of rotatable bonds is 4. The molecule has 0 atom stereocenters. The predicted molar refractivity (Wildman–Crippen MR) is 77.4 cm³/mol. The molecular formula is C14H14N2O2S. The molecule has 0 saturated carbocycles. The monoisotopic (exact) mass is 274 g/mol. The van der Waals surface area contributed by atoms with Gasteiger partial charge in [0.15, 0.2) is 0 Å². The molecule has 4 nitrogen and oxygen atoms in total. The van der Waals surface area contributed by atoms with Crippen molar-refractivity contribution in [2.24, 2.45) is 0 Å². The maximum Gasteiger partial charge on any atom is 0.262 e. The summed E-state index contributed by atoms with van der Waals surface area (Å²) in [5.41, 5.74) is 1.02. The number of ether oxygens (including phenoxy) is 1. The lowest BCUT2D eigenvalue weighted by molar-refractivity contribution is 0.0967. The van der Waals surface area contributed by atoms with Gasteiger partial charge in [0, 0.05) is 7.05 Å². The van der Waals surface area contributed by atoms with Crippen LogP contribution in [0.5, 0.6) is 5.75 Å². The van der Waals surface area contributed by atoms with Crippen molar-refractivity contribution in [3.8, 4) is 5.75 Å². The fourth-order valence-electron chi connectivity index (χ4n) is 1.51. The summed E-state index contributed by atoms with van der Waals surface area (Å²) in [5, 5.41) is 3.37. The molecule has 98 valence electrons. The van der Waals surface area contributed by atoms with Crippen LogP contribution in [0.2, 0.25) is 0 Å². The first-order chi connectivity index (χ1) is 9.22. The van der Waals surface area contributed by atoms with Crippen LogP contribution in [0.3, 0.4) is 0 Å². The van der Waals surface area contributed by atoms with Gasteiger partial charge in [-0.05, 0) is 23.8 Å². The molecule has 1 aromatic heterocycles. The summed E-state index contributed by atoms with van der Waals surface area (Å²) in [6.45, 7) is 0. The predicted octanol–water partition coefficient (Wildman–Crippen LogP) is 2.68. The molecule has 2 rings (SSSR count). The number of thiazole rings is 1. The summed E-state index contributed by atoms with van der Waals surface area (Å²) in [4.78, 5) is 16.2. The molecule has 0 spiro atoms. The smallest absolute Gasteiger partial charge is 0.262 e. The summed E-state index contributed by atoms with van der Waals surface area (Å²) in [6.07, 6.45) is 5.40. The van der Waals surface area contributed by atoms with E-state index in [-0.39, 0.29) is 5.91 Å². The van der Waals surface area contributed by atoms with Crippen LogP contribution in [0.4, 0.5) is 0 Å². The van der Waals surface area contributed by atoms with Crippen molar-refractivity contribution in [2.75, 3.05) is 14.2 Å². The van der Waals surface area contributed by atoms with Crippen LogP contribution < -0.4 is 10.1 Å². The Bertz CT molecular complexity index is 605. The quantitative estimate of drug-likeness (QED) is 0.932. The van der Waals surface area contributed by atoms with Gasteiger partial charge in [-0.3, -0.25) is 4.79 Å². The minimum atomic E-state index is -0.112.